The van der Waals surface area contributed by atoms with Crippen molar-refractivity contribution in [2.45, 2.75) is 25.6 Å². The van der Waals surface area contributed by atoms with Gasteiger partial charge in [0.15, 0.2) is 5.82 Å². The fourth-order valence-corrected chi connectivity index (χ4v) is 4.70. The summed E-state index contributed by atoms with van der Waals surface area (Å²) in [6, 6.07) is 9.26. The number of nitriles is 1. The third kappa shape index (κ3) is 4.77. The van der Waals surface area contributed by atoms with Crippen molar-refractivity contribution in [3.63, 3.8) is 0 Å². The summed E-state index contributed by atoms with van der Waals surface area (Å²) in [6.07, 6.45) is -2.18. The van der Waals surface area contributed by atoms with Crippen LogP contribution in [0.4, 0.5) is 23.4 Å². The van der Waals surface area contributed by atoms with Crippen LogP contribution in [0.3, 0.4) is 0 Å². The lowest BCUT2D eigenvalue weighted by atomic mass is 9.99. The first-order valence-electron chi connectivity index (χ1n) is 11.7. The highest BCUT2D eigenvalue weighted by atomic mass is 19.4. The van der Waals surface area contributed by atoms with Gasteiger partial charge in [0.05, 0.1) is 53.0 Å². The van der Waals surface area contributed by atoms with E-state index in [1.165, 1.54) is 28.9 Å². The number of alkyl halides is 3. The molecule has 1 saturated heterocycles. The molecule has 0 aliphatic carbocycles. The Balaban J connectivity index is 1.44. The van der Waals surface area contributed by atoms with Gasteiger partial charge < -0.3 is 15.0 Å². The highest BCUT2D eigenvalue weighted by Gasteiger charge is 2.41. The van der Waals surface area contributed by atoms with E-state index in [4.69, 9.17) is 0 Å². The van der Waals surface area contributed by atoms with Gasteiger partial charge in [-0.3, -0.25) is 4.79 Å². The predicted octanol–water partition coefficient (Wildman–Crippen LogP) is 3.51. The van der Waals surface area contributed by atoms with E-state index in [1.54, 1.807) is 12.3 Å². The Hall–Kier alpha value is -4.47. The van der Waals surface area contributed by atoms with Gasteiger partial charge in [0, 0.05) is 31.3 Å². The number of hydrogen-bond donors (Lipinski definition) is 1. The van der Waals surface area contributed by atoms with Crippen molar-refractivity contribution in [1.82, 2.24) is 20.1 Å². The summed E-state index contributed by atoms with van der Waals surface area (Å²) >= 11 is 0. The molecule has 2 aromatic heterocycles. The second kappa shape index (κ2) is 9.77. The van der Waals surface area contributed by atoms with Crippen LogP contribution in [0.25, 0.3) is 16.9 Å². The number of rotatable bonds is 5. The number of aromatic nitrogens is 3. The van der Waals surface area contributed by atoms with Gasteiger partial charge in [-0.15, -0.1) is 0 Å². The number of piperidine rings is 1. The maximum Gasteiger partial charge on any atom is 0.490 e. The Morgan fingerprint density at radius 3 is 2.84 bits per heavy atom. The zero-order valence-corrected chi connectivity index (χ0v) is 19.8. The van der Waals surface area contributed by atoms with Crippen molar-refractivity contribution in [2.24, 2.45) is 5.92 Å². The smallest absolute Gasteiger partial charge is 0.459 e. The number of nitrogens with one attached hydrogen (secondary N) is 1. The fraction of sp³-hybridized carbons (Fsp3) is 0.320. The quantitative estimate of drug-likeness (QED) is 0.398. The highest BCUT2D eigenvalue weighted by molar-refractivity contribution is 6.01. The van der Waals surface area contributed by atoms with E-state index >= 15 is 0 Å². The molecule has 38 heavy (non-hydrogen) atoms. The van der Waals surface area contributed by atoms with Crippen molar-refractivity contribution in [1.29, 1.82) is 5.26 Å². The molecule has 2 aliphatic rings. The number of benzene rings is 1. The normalized spacial score (nSPS) is 17.1. The molecule has 2 aliphatic heterocycles. The van der Waals surface area contributed by atoms with Gasteiger partial charge in [0.1, 0.15) is 5.82 Å². The summed E-state index contributed by atoms with van der Waals surface area (Å²) in [6.45, 7) is 0.676. The third-order valence-corrected chi connectivity index (χ3v) is 6.45. The molecular formula is C25H20F4N6O3. The number of fused-ring (bicyclic) bond motifs is 1. The van der Waals surface area contributed by atoms with Crippen molar-refractivity contribution in [3.05, 3.63) is 59.2 Å². The molecule has 1 N–H and O–H groups in total. The van der Waals surface area contributed by atoms with E-state index in [0.29, 0.717) is 43.1 Å². The molecule has 1 atom stereocenters. The van der Waals surface area contributed by atoms with E-state index in [1.807, 2.05) is 11.0 Å². The Morgan fingerprint density at radius 1 is 1.26 bits per heavy atom. The predicted molar refractivity (Wildman–Crippen MR) is 125 cm³/mol. The number of esters is 1. The molecule has 3 aromatic rings. The number of halogens is 4. The van der Waals surface area contributed by atoms with Crippen LogP contribution in [0.5, 0.6) is 0 Å². The van der Waals surface area contributed by atoms with Gasteiger partial charge in [0.2, 0.25) is 0 Å². The standard InChI is InChI=1S/C25H20F4N6O3/c26-16-5-1-4-15(10-30)21(16)17-9-19(22-18(32-17)11-31-23(22)36)35-8-6-20(33-35)34-7-2-3-14(12-34)13-38-24(37)25(27,28)29/h1,4-6,8-9,14H,2-3,7,11-13H2,(H,31,36). The van der Waals surface area contributed by atoms with Crippen LogP contribution in [-0.2, 0) is 16.1 Å². The minimum atomic E-state index is -5.04. The van der Waals surface area contributed by atoms with Gasteiger partial charge in [-0.25, -0.2) is 18.9 Å². The molecule has 0 radical (unpaired) electrons. The minimum absolute atomic E-state index is 0.0121. The molecule has 4 heterocycles. The largest absolute Gasteiger partial charge is 0.490 e. The van der Waals surface area contributed by atoms with Gasteiger partial charge in [-0.2, -0.15) is 23.5 Å². The van der Waals surface area contributed by atoms with Gasteiger partial charge in [-0.1, -0.05) is 6.07 Å². The molecule has 1 fully saturated rings. The molecule has 1 unspecified atom stereocenters. The Morgan fingerprint density at radius 2 is 2.08 bits per heavy atom. The zero-order chi connectivity index (χ0) is 27.0. The lowest BCUT2D eigenvalue weighted by molar-refractivity contribution is -0.200. The molecule has 5 rings (SSSR count). The summed E-state index contributed by atoms with van der Waals surface area (Å²) in [5.41, 5.74) is 1.27. The van der Waals surface area contributed by atoms with E-state index < -0.39 is 18.0 Å². The van der Waals surface area contributed by atoms with Crippen molar-refractivity contribution in [3.8, 4) is 23.0 Å². The van der Waals surface area contributed by atoms with E-state index in [-0.39, 0.29) is 47.4 Å². The van der Waals surface area contributed by atoms with E-state index in [2.05, 4.69) is 20.1 Å². The van der Waals surface area contributed by atoms with Crippen LogP contribution in [-0.4, -0.2) is 52.5 Å². The number of anilines is 1. The monoisotopic (exact) mass is 528 g/mol. The van der Waals surface area contributed by atoms with Crippen LogP contribution in [0.1, 0.15) is 34.5 Å². The molecule has 13 heteroatoms. The zero-order valence-electron chi connectivity index (χ0n) is 19.8. The average Bonchev–Trinajstić information content (AvgIpc) is 3.53. The first kappa shape index (κ1) is 25.2. The lowest BCUT2D eigenvalue weighted by Gasteiger charge is -2.32. The second-order valence-electron chi connectivity index (χ2n) is 8.97. The average molecular weight is 528 g/mol. The lowest BCUT2D eigenvalue weighted by Crippen LogP contribution is -2.38. The number of hydrogen-bond acceptors (Lipinski definition) is 7. The van der Waals surface area contributed by atoms with Crippen molar-refractivity contribution >= 4 is 17.7 Å². The first-order chi connectivity index (χ1) is 18.2. The number of ether oxygens (including phenoxy) is 1. The molecule has 9 nitrogen and oxygen atoms in total. The Bertz CT molecular complexity index is 1460. The summed E-state index contributed by atoms with van der Waals surface area (Å²) in [5, 5.41) is 16.8. The summed E-state index contributed by atoms with van der Waals surface area (Å²) in [5.74, 6) is -3.02. The Labute approximate surface area is 213 Å². The van der Waals surface area contributed by atoms with E-state index in [0.717, 1.165) is 0 Å². The summed E-state index contributed by atoms with van der Waals surface area (Å²) in [7, 11) is 0. The Kier molecular flexibility index (Phi) is 6.48. The number of nitrogens with zero attached hydrogens (tertiary/aromatic N) is 5. The van der Waals surface area contributed by atoms with Gasteiger partial charge in [0.25, 0.3) is 5.91 Å². The topological polar surface area (TPSA) is 113 Å². The van der Waals surface area contributed by atoms with Crippen LogP contribution in [0, 0.1) is 23.1 Å². The molecule has 0 bridgehead atoms. The molecule has 1 aromatic carbocycles. The summed E-state index contributed by atoms with van der Waals surface area (Å²) < 4.78 is 58.0. The number of pyridine rings is 1. The molecule has 1 amide bonds. The number of carbonyl (C=O) groups is 2. The first-order valence-corrected chi connectivity index (χ1v) is 11.7. The maximum atomic E-state index is 14.8. The molecular weight excluding hydrogens is 508 g/mol. The molecule has 196 valence electrons. The van der Waals surface area contributed by atoms with Crippen LogP contribution in [0.2, 0.25) is 0 Å². The number of amides is 1. The molecule has 0 spiro atoms. The van der Waals surface area contributed by atoms with Crippen molar-refractivity contribution in [2.75, 3.05) is 24.6 Å². The second-order valence-corrected chi connectivity index (χ2v) is 8.97. The highest BCUT2D eigenvalue weighted by Crippen LogP contribution is 2.32. The minimum Gasteiger partial charge on any atom is -0.459 e. The van der Waals surface area contributed by atoms with E-state index in [9.17, 15) is 32.4 Å². The van der Waals surface area contributed by atoms with Gasteiger partial charge >= 0.3 is 12.1 Å². The van der Waals surface area contributed by atoms with Crippen LogP contribution >= 0.6 is 0 Å². The SMILES string of the molecule is N#Cc1cccc(F)c1-c1cc(-n2ccc(N3CCCC(COC(=O)C(F)(F)F)C3)n2)c2c(n1)CNC2=O. The summed E-state index contributed by atoms with van der Waals surface area (Å²) in [4.78, 5) is 30.0. The maximum absolute atomic E-state index is 14.8. The third-order valence-electron chi connectivity index (χ3n) is 6.45. The molecule has 0 saturated carbocycles. The van der Waals surface area contributed by atoms with Gasteiger partial charge in [-0.05, 0) is 31.0 Å². The van der Waals surface area contributed by atoms with Crippen LogP contribution in [0.15, 0.2) is 36.5 Å². The van der Waals surface area contributed by atoms with Crippen LogP contribution < -0.4 is 10.2 Å². The number of carbonyl (C=O) groups excluding carboxylic acids is 2. The van der Waals surface area contributed by atoms with Crippen molar-refractivity contribution < 1.29 is 31.9 Å². The fourth-order valence-electron chi connectivity index (χ4n) is 4.70.